The van der Waals surface area contributed by atoms with E-state index in [1.165, 1.54) is 34.7 Å². The van der Waals surface area contributed by atoms with Crippen molar-refractivity contribution in [3.05, 3.63) is 71.8 Å². The van der Waals surface area contributed by atoms with E-state index in [0.717, 1.165) is 37.2 Å². The van der Waals surface area contributed by atoms with Crippen molar-refractivity contribution in [2.24, 2.45) is 0 Å². The number of nitrogens with zero attached hydrogens (tertiary/aromatic N) is 2. The third-order valence-corrected chi connectivity index (χ3v) is 6.05. The second-order valence-electron chi connectivity index (χ2n) is 7.13. The Labute approximate surface area is 164 Å². The maximum absolute atomic E-state index is 13.3. The van der Waals surface area contributed by atoms with Gasteiger partial charge in [-0.05, 0) is 61.0 Å². The largest absolute Gasteiger partial charge is 0.298 e. The van der Waals surface area contributed by atoms with E-state index in [0.29, 0.717) is 5.92 Å². The van der Waals surface area contributed by atoms with Gasteiger partial charge in [-0.15, -0.1) is 11.8 Å². The highest BCUT2D eigenvalue weighted by atomic mass is 32.2. The molecule has 3 aromatic rings. The predicted octanol–water partition coefficient (Wildman–Crippen LogP) is 5.32. The van der Waals surface area contributed by atoms with Gasteiger partial charge in [0.25, 0.3) is 0 Å². The summed E-state index contributed by atoms with van der Waals surface area (Å²) in [6.07, 6.45) is 6.30. The summed E-state index contributed by atoms with van der Waals surface area (Å²) in [7, 11) is 0. The number of aromatic nitrogens is 2. The smallest absolute Gasteiger partial charge is 0.123 e. The van der Waals surface area contributed by atoms with Crippen molar-refractivity contribution in [3.8, 4) is 11.1 Å². The molecule has 1 saturated heterocycles. The van der Waals surface area contributed by atoms with Gasteiger partial charge in [-0.2, -0.15) is 5.10 Å². The number of aromatic amines is 1. The lowest BCUT2D eigenvalue weighted by Crippen LogP contribution is -2.34. The number of halogens is 1. The van der Waals surface area contributed by atoms with E-state index in [-0.39, 0.29) is 5.82 Å². The highest BCUT2D eigenvalue weighted by Crippen LogP contribution is 2.33. The number of hydrogen-bond donors (Lipinski definition) is 1. The SMILES string of the molecule is CSc1ccc(CN2CCCC(c3[nH]ncc3-c3ccc(F)cc3)C2)cc1. The Morgan fingerprint density at radius 2 is 1.93 bits per heavy atom. The maximum atomic E-state index is 13.3. The molecule has 2 aromatic carbocycles. The molecular formula is C22H24FN3S. The molecule has 4 rings (SSSR count). The minimum absolute atomic E-state index is 0.208. The van der Waals surface area contributed by atoms with Crippen LogP contribution < -0.4 is 0 Å². The van der Waals surface area contributed by atoms with Gasteiger partial charge in [0.2, 0.25) is 0 Å². The van der Waals surface area contributed by atoms with Gasteiger partial charge in [-0.1, -0.05) is 24.3 Å². The molecule has 2 heterocycles. The van der Waals surface area contributed by atoms with E-state index >= 15 is 0 Å². The number of H-pyrrole nitrogens is 1. The Balaban J connectivity index is 1.48. The highest BCUT2D eigenvalue weighted by molar-refractivity contribution is 7.98. The molecule has 1 aliphatic rings. The molecular weight excluding hydrogens is 357 g/mol. The molecule has 1 aliphatic heterocycles. The van der Waals surface area contributed by atoms with E-state index in [4.69, 9.17) is 0 Å². The van der Waals surface area contributed by atoms with Gasteiger partial charge in [0, 0.05) is 35.2 Å². The first kappa shape index (κ1) is 18.3. The summed E-state index contributed by atoms with van der Waals surface area (Å²) in [6.45, 7) is 3.12. The fourth-order valence-corrected chi connectivity index (χ4v) is 4.30. The van der Waals surface area contributed by atoms with Crippen LogP contribution in [-0.2, 0) is 6.54 Å². The van der Waals surface area contributed by atoms with Crippen molar-refractivity contribution >= 4 is 11.8 Å². The molecule has 0 saturated carbocycles. The molecule has 1 fully saturated rings. The van der Waals surface area contributed by atoms with Crippen LogP contribution in [0.5, 0.6) is 0 Å². The zero-order valence-corrected chi connectivity index (χ0v) is 16.3. The van der Waals surface area contributed by atoms with E-state index in [9.17, 15) is 4.39 Å². The van der Waals surface area contributed by atoms with Crippen LogP contribution in [0.4, 0.5) is 4.39 Å². The summed E-state index contributed by atoms with van der Waals surface area (Å²) in [5.41, 5.74) is 4.64. The first-order chi connectivity index (χ1) is 13.2. The van der Waals surface area contributed by atoms with Crippen molar-refractivity contribution in [1.29, 1.82) is 0 Å². The molecule has 3 nitrogen and oxygen atoms in total. The maximum Gasteiger partial charge on any atom is 0.123 e. The van der Waals surface area contributed by atoms with Crippen LogP contribution in [0.2, 0.25) is 0 Å². The molecule has 5 heteroatoms. The topological polar surface area (TPSA) is 31.9 Å². The second-order valence-corrected chi connectivity index (χ2v) is 8.01. The van der Waals surface area contributed by atoms with Crippen molar-refractivity contribution in [2.45, 2.75) is 30.2 Å². The Bertz CT molecular complexity index is 873. The van der Waals surface area contributed by atoms with E-state index in [1.807, 2.05) is 18.3 Å². The average molecular weight is 382 g/mol. The van der Waals surface area contributed by atoms with Gasteiger partial charge >= 0.3 is 0 Å². The summed E-state index contributed by atoms with van der Waals surface area (Å²) >= 11 is 1.77. The third kappa shape index (κ3) is 4.25. The van der Waals surface area contributed by atoms with Gasteiger partial charge in [-0.25, -0.2) is 4.39 Å². The van der Waals surface area contributed by atoms with Crippen molar-refractivity contribution < 1.29 is 4.39 Å². The predicted molar refractivity (Wildman–Crippen MR) is 109 cm³/mol. The van der Waals surface area contributed by atoms with Crippen LogP contribution in [0.15, 0.2) is 59.6 Å². The molecule has 1 N–H and O–H groups in total. The number of rotatable bonds is 5. The van der Waals surface area contributed by atoms with Gasteiger partial charge in [0.1, 0.15) is 5.82 Å². The Morgan fingerprint density at radius 1 is 1.15 bits per heavy atom. The van der Waals surface area contributed by atoms with Gasteiger partial charge in [0.05, 0.1) is 6.20 Å². The lowest BCUT2D eigenvalue weighted by atomic mass is 9.90. The highest BCUT2D eigenvalue weighted by Gasteiger charge is 2.25. The number of thioether (sulfide) groups is 1. The molecule has 0 aliphatic carbocycles. The molecule has 0 amide bonds. The first-order valence-electron chi connectivity index (χ1n) is 9.37. The molecule has 140 valence electrons. The summed E-state index contributed by atoms with van der Waals surface area (Å²) in [6, 6.07) is 15.5. The van der Waals surface area contributed by atoms with Crippen LogP contribution in [0.25, 0.3) is 11.1 Å². The molecule has 27 heavy (non-hydrogen) atoms. The lowest BCUT2D eigenvalue weighted by Gasteiger charge is -2.32. The van der Waals surface area contributed by atoms with Gasteiger partial charge < -0.3 is 0 Å². The summed E-state index contributed by atoms with van der Waals surface area (Å²) in [5, 5.41) is 7.50. The molecule has 0 spiro atoms. The van der Waals surface area contributed by atoms with Crippen LogP contribution in [0, 0.1) is 5.82 Å². The van der Waals surface area contributed by atoms with Crippen molar-refractivity contribution in [1.82, 2.24) is 15.1 Å². The zero-order chi connectivity index (χ0) is 18.6. The van der Waals surface area contributed by atoms with Gasteiger partial charge in [0.15, 0.2) is 0 Å². The van der Waals surface area contributed by atoms with E-state index in [1.54, 1.807) is 11.8 Å². The first-order valence-corrected chi connectivity index (χ1v) is 10.6. The zero-order valence-electron chi connectivity index (χ0n) is 15.5. The summed E-state index contributed by atoms with van der Waals surface area (Å²) < 4.78 is 13.3. The Morgan fingerprint density at radius 3 is 2.67 bits per heavy atom. The molecule has 1 unspecified atom stereocenters. The average Bonchev–Trinajstić information content (AvgIpc) is 3.19. The number of benzene rings is 2. The number of hydrogen-bond acceptors (Lipinski definition) is 3. The lowest BCUT2D eigenvalue weighted by molar-refractivity contribution is 0.198. The van der Waals surface area contributed by atoms with Crippen LogP contribution in [0.1, 0.15) is 30.0 Å². The molecule has 1 atom stereocenters. The Hall–Kier alpha value is -2.11. The van der Waals surface area contributed by atoms with Crippen LogP contribution >= 0.6 is 11.8 Å². The van der Waals surface area contributed by atoms with E-state index in [2.05, 4.69) is 45.6 Å². The second kappa shape index (κ2) is 8.28. The van der Waals surface area contributed by atoms with Crippen molar-refractivity contribution in [2.75, 3.05) is 19.3 Å². The quantitative estimate of drug-likeness (QED) is 0.607. The van der Waals surface area contributed by atoms with Crippen LogP contribution in [-0.4, -0.2) is 34.4 Å². The monoisotopic (exact) mass is 381 g/mol. The third-order valence-electron chi connectivity index (χ3n) is 5.30. The Kier molecular flexibility index (Phi) is 5.60. The minimum atomic E-state index is -0.208. The molecule has 1 aromatic heterocycles. The number of nitrogens with one attached hydrogen (secondary N) is 1. The summed E-state index contributed by atoms with van der Waals surface area (Å²) in [5.74, 6) is 0.215. The van der Waals surface area contributed by atoms with E-state index < -0.39 is 0 Å². The normalized spacial score (nSPS) is 17.9. The molecule has 0 radical (unpaired) electrons. The fourth-order valence-electron chi connectivity index (χ4n) is 3.89. The fraction of sp³-hybridized carbons (Fsp3) is 0.318. The number of likely N-dealkylation sites (tertiary alicyclic amines) is 1. The van der Waals surface area contributed by atoms with Gasteiger partial charge in [-0.3, -0.25) is 10.00 Å². The number of piperidine rings is 1. The van der Waals surface area contributed by atoms with Crippen LogP contribution in [0.3, 0.4) is 0 Å². The minimum Gasteiger partial charge on any atom is -0.298 e. The molecule has 0 bridgehead atoms. The van der Waals surface area contributed by atoms with Crippen molar-refractivity contribution in [3.63, 3.8) is 0 Å². The summed E-state index contributed by atoms with van der Waals surface area (Å²) in [4.78, 5) is 3.83. The standard InChI is InChI=1S/C22H24FN3S/c1-27-20-10-4-16(5-11-20)14-26-12-2-3-18(15-26)22-21(13-24-25-22)17-6-8-19(23)9-7-17/h4-11,13,18H,2-3,12,14-15H2,1H3,(H,24,25).